The van der Waals surface area contributed by atoms with Crippen LogP contribution < -0.4 is 4.74 Å². The highest BCUT2D eigenvalue weighted by atomic mass is 16.5. The van der Waals surface area contributed by atoms with Crippen LogP contribution in [-0.2, 0) is 0 Å². The Morgan fingerprint density at radius 2 is 2.00 bits per heavy atom. The van der Waals surface area contributed by atoms with Gasteiger partial charge in [-0.3, -0.25) is 0 Å². The van der Waals surface area contributed by atoms with Gasteiger partial charge in [-0.15, -0.1) is 0 Å². The summed E-state index contributed by atoms with van der Waals surface area (Å²) in [6.07, 6.45) is 0. The van der Waals surface area contributed by atoms with Crippen molar-refractivity contribution in [3.05, 3.63) is 29.8 Å². The Morgan fingerprint density at radius 3 is 2.57 bits per heavy atom. The van der Waals surface area contributed by atoms with Crippen LogP contribution in [0.3, 0.4) is 0 Å². The molecule has 0 unspecified atom stereocenters. The fourth-order valence-corrected chi connectivity index (χ4v) is 1.08. The monoisotopic (exact) mass is 196 g/mol. The molecule has 3 heteroatoms. The van der Waals surface area contributed by atoms with E-state index in [1.54, 1.807) is 0 Å². The van der Waals surface area contributed by atoms with Gasteiger partial charge in [0.25, 0.3) is 0 Å². The molecule has 0 aromatic heterocycles. The molecular weight excluding hydrogens is 180 g/mol. The zero-order valence-corrected chi connectivity index (χ0v) is 8.31. The van der Waals surface area contributed by atoms with Crippen LogP contribution >= 0.6 is 0 Å². The molecule has 2 N–H and O–H groups in total. The normalized spacial score (nSPS) is 10.6. The van der Waals surface area contributed by atoms with Crippen molar-refractivity contribution >= 4 is 0 Å². The maximum atomic E-state index is 8.82. The van der Waals surface area contributed by atoms with Gasteiger partial charge in [-0.2, -0.15) is 0 Å². The Labute approximate surface area is 84.0 Å². The molecule has 0 fully saturated rings. The highest BCUT2D eigenvalue weighted by Crippen LogP contribution is 2.13. The van der Waals surface area contributed by atoms with Crippen molar-refractivity contribution in [3.8, 4) is 5.75 Å². The van der Waals surface area contributed by atoms with Crippen LogP contribution in [0.2, 0.25) is 0 Å². The lowest BCUT2D eigenvalue weighted by Gasteiger charge is -2.12. The average Bonchev–Trinajstić information content (AvgIpc) is 2.19. The minimum Gasteiger partial charge on any atom is -0.493 e. The van der Waals surface area contributed by atoms with Gasteiger partial charge >= 0.3 is 0 Å². The molecule has 14 heavy (non-hydrogen) atoms. The molecule has 1 rings (SSSR count). The number of aryl methyl sites for hydroxylation is 1. The van der Waals surface area contributed by atoms with E-state index in [4.69, 9.17) is 14.9 Å². The van der Waals surface area contributed by atoms with E-state index in [0.29, 0.717) is 6.61 Å². The van der Waals surface area contributed by atoms with Crippen LogP contribution in [0.4, 0.5) is 0 Å². The van der Waals surface area contributed by atoms with Crippen molar-refractivity contribution in [2.75, 3.05) is 19.8 Å². The molecule has 0 heterocycles. The highest BCUT2D eigenvalue weighted by Gasteiger charge is 2.06. The second-order valence-corrected chi connectivity index (χ2v) is 3.36. The number of hydrogen-bond donors (Lipinski definition) is 2. The first kappa shape index (κ1) is 11.0. The summed E-state index contributed by atoms with van der Waals surface area (Å²) in [5.74, 6) is 0.576. The molecule has 1 aromatic carbocycles. The van der Waals surface area contributed by atoms with Crippen LogP contribution in [0.1, 0.15) is 5.56 Å². The lowest BCUT2D eigenvalue weighted by atomic mass is 10.2. The molecule has 0 bridgehead atoms. The van der Waals surface area contributed by atoms with Gasteiger partial charge in [0.2, 0.25) is 0 Å². The summed E-state index contributed by atoms with van der Waals surface area (Å²) in [7, 11) is 0. The third-order valence-corrected chi connectivity index (χ3v) is 1.99. The van der Waals surface area contributed by atoms with E-state index < -0.39 is 0 Å². The average molecular weight is 196 g/mol. The summed E-state index contributed by atoms with van der Waals surface area (Å²) in [4.78, 5) is 0. The quantitative estimate of drug-likeness (QED) is 0.738. The largest absolute Gasteiger partial charge is 0.493 e. The first-order valence-corrected chi connectivity index (χ1v) is 4.67. The molecule has 0 spiro atoms. The van der Waals surface area contributed by atoms with Crippen LogP contribution in [-0.4, -0.2) is 30.0 Å². The van der Waals surface area contributed by atoms with Crippen molar-refractivity contribution in [1.82, 2.24) is 0 Å². The summed E-state index contributed by atoms with van der Waals surface area (Å²) in [6, 6.07) is 7.69. The third kappa shape index (κ3) is 3.36. The summed E-state index contributed by atoms with van der Waals surface area (Å²) < 4.78 is 5.41. The van der Waals surface area contributed by atoms with E-state index in [-0.39, 0.29) is 19.1 Å². The van der Waals surface area contributed by atoms with Crippen molar-refractivity contribution in [2.24, 2.45) is 5.92 Å². The molecule has 0 atom stereocenters. The topological polar surface area (TPSA) is 49.7 Å². The molecule has 78 valence electrons. The van der Waals surface area contributed by atoms with E-state index in [1.807, 2.05) is 31.2 Å². The maximum Gasteiger partial charge on any atom is 0.119 e. The predicted molar refractivity (Wildman–Crippen MR) is 54.3 cm³/mol. The lowest BCUT2D eigenvalue weighted by Crippen LogP contribution is -2.19. The fourth-order valence-electron chi connectivity index (χ4n) is 1.08. The van der Waals surface area contributed by atoms with Gasteiger partial charge in [-0.1, -0.05) is 12.1 Å². The lowest BCUT2D eigenvalue weighted by molar-refractivity contribution is 0.106. The van der Waals surface area contributed by atoms with Gasteiger partial charge in [-0.25, -0.2) is 0 Å². The molecular formula is C11H16O3. The number of ether oxygens (including phenoxy) is 1. The Morgan fingerprint density at radius 1 is 1.29 bits per heavy atom. The maximum absolute atomic E-state index is 8.82. The molecule has 0 saturated carbocycles. The summed E-state index contributed by atoms with van der Waals surface area (Å²) in [5.41, 5.74) is 1.13. The second-order valence-electron chi connectivity index (χ2n) is 3.36. The zero-order chi connectivity index (χ0) is 10.4. The van der Waals surface area contributed by atoms with E-state index in [1.165, 1.54) is 0 Å². The number of rotatable bonds is 5. The summed E-state index contributed by atoms with van der Waals surface area (Å²) in [6.45, 7) is 2.23. The third-order valence-electron chi connectivity index (χ3n) is 1.99. The molecule has 0 aliphatic carbocycles. The SMILES string of the molecule is Cc1cccc(OCC(CO)CO)c1. The summed E-state index contributed by atoms with van der Waals surface area (Å²) in [5, 5.41) is 17.6. The van der Waals surface area contributed by atoms with Crippen molar-refractivity contribution in [3.63, 3.8) is 0 Å². The Balaban J connectivity index is 2.44. The minimum absolute atomic E-state index is 0.0533. The molecule has 0 saturated heterocycles. The second kappa shape index (κ2) is 5.62. The minimum atomic E-state index is -0.199. The number of aliphatic hydroxyl groups is 2. The summed E-state index contributed by atoms with van der Waals surface area (Å²) >= 11 is 0. The van der Waals surface area contributed by atoms with E-state index in [0.717, 1.165) is 11.3 Å². The van der Waals surface area contributed by atoms with Crippen molar-refractivity contribution in [2.45, 2.75) is 6.92 Å². The molecule has 0 radical (unpaired) electrons. The number of hydrogen-bond acceptors (Lipinski definition) is 3. The first-order valence-electron chi connectivity index (χ1n) is 4.67. The Kier molecular flexibility index (Phi) is 4.43. The molecule has 0 aliphatic heterocycles. The highest BCUT2D eigenvalue weighted by molar-refractivity contribution is 5.27. The van der Waals surface area contributed by atoms with Crippen LogP contribution in [0.15, 0.2) is 24.3 Å². The smallest absolute Gasteiger partial charge is 0.119 e. The predicted octanol–water partition coefficient (Wildman–Crippen LogP) is 0.975. The number of benzene rings is 1. The standard InChI is InChI=1S/C11H16O3/c1-9-3-2-4-11(5-9)14-8-10(6-12)7-13/h2-5,10,12-13H,6-8H2,1H3. The Hall–Kier alpha value is -1.06. The Bertz CT molecular complexity index is 269. The molecule has 1 aromatic rings. The van der Waals surface area contributed by atoms with E-state index in [9.17, 15) is 0 Å². The van der Waals surface area contributed by atoms with Crippen LogP contribution in [0.5, 0.6) is 5.75 Å². The van der Waals surface area contributed by atoms with E-state index >= 15 is 0 Å². The van der Waals surface area contributed by atoms with Gasteiger partial charge < -0.3 is 14.9 Å². The number of aliphatic hydroxyl groups excluding tert-OH is 2. The first-order chi connectivity index (χ1) is 6.76. The van der Waals surface area contributed by atoms with Gasteiger partial charge in [0.15, 0.2) is 0 Å². The van der Waals surface area contributed by atoms with Gasteiger partial charge in [0.1, 0.15) is 5.75 Å². The van der Waals surface area contributed by atoms with Crippen LogP contribution in [0.25, 0.3) is 0 Å². The molecule has 0 aliphatic rings. The van der Waals surface area contributed by atoms with Gasteiger partial charge in [-0.05, 0) is 24.6 Å². The molecule has 0 amide bonds. The van der Waals surface area contributed by atoms with Crippen molar-refractivity contribution < 1.29 is 14.9 Å². The van der Waals surface area contributed by atoms with E-state index in [2.05, 4.69) is 0 Å². The zero-order valence-electron chi connectivity index (χ0n) is 8.31. The van der Waals surface area contributed by atoms with Crippen molar-refractivity contribution in [1.29, 1.82) is 0 Å². The fraction of sp³-hybridized carbons (Fsp3) is 0.455. The van der Waals surface area contributed by atoms with Crippen LogP contribution in [0, 0.1) is 12.8 Å². The van der Waals surface area contributed by atoms with Gasteiger partial charge in [0.05, 0.1) is 19.8 Å². The molecule has 3 nitrogen and oxygen atoms in total. The van der Waals surface area contributed by atoms with Gasteiger partial charge in [0, 0.05) is 5.92 Å².